The van der Waals surface area contributed by atoms with Gasteiger partial charge in [0.2, 0.25) is 0 Å². The summed E-state index contributed by atoms with van der Waals surface area (Å²) in [5.41, 5.74) is 6.58. The lowest BCUT2D eigenvalue weighted by Crippen LogP contribution is -2.02. The second-order valence-electron chi connectivity index (χ2n) is 3.35. The van der Waals surface area contributed by atoms with Crippen molar-refractivity contribution in [1.29, 1.82) is 0 Å². The van der Waals surface area contributed by atoms with Crippen molar-refractivity contribution in [2.75, 3.05) is 5.73 Å². The van der Waals surface area contributed by atoms with E-state index in [1.807, 2.05) is 25.1 Å². The summed E-state index contributed by atoms with van der Waals surface area (Å²) < 4.78 is 7.25. The van der Waals surface area contributed by atoms with E-state index in [-0.39, 0.29) is 0 Å². The Morgan fingerprint density at radius 3 is 3.00 bits per heavy atom. The highest BCUT2D eigenvalue weighted by Gasteiger charge is 2.03. The van der Waals surface area contributed by atoms with Crippen molar-refractivity contribution >= 4 is 5.82 Å². The molecule has 2 N–H and O–H groups in total. The topological polar surface area (TPSA) is 66.0 Å². The van der Waals surface area contributed by atoms with Crippen molar-refractivity contribution in [2.24, 2.45) is 0 Å². The average molecular weight is 218 g/mol. The van der Waals surface area contributed by atoms with Crippen molar-refractivity contribution in [3.05, 3.63) is 36.3 Å². The minimum atomic E-state index is 0.406. The van der Waals surface area contributed by atoms with Gasteiger partial charge in [-0.3, -0.25) is 9.67 Å². The first kappa shape index (κ1) is 10.5. The number of nitrogens with two attached hydrogens (primary N) is 1. The lowest BCUT2D eigenvalue weighted by Gasteiger charge is -2.02. The minimum Gasteiger partial charge on any atom is -0.486 e. The number of aryl methyl sites for hydroxylation is 1. The van der Waals surface area contributed by atoms with Gasteiger partial charge in [0.25, 0.3) is 0 Å². The van der Waals surface area contributed by atoms with E-state index in [2.05, 4.69) is 10.1 Å². The van der Waals surface area contributed by atoms with Crippen LogP contribution in [0.2, 0.25) is 0 Å². The molecule has 0 spiro atoms. The van der Waals surface area contributed by atoms with E-state index in [1.54, 1.807) is 17.1 Å². The van der Waals surface area contributed by atoms with Crippen LogP contribution >= 0.6 is 0 Å². The molecule has 2 aromatic heterocycles. The Labute approximate surface area is 93.9 Å². The number of rotatable bonds is 4. The van der Waals surface area contributed by atoms with E-state index in [9.17, 15) is 0 Å². The molecule has 0 aliphatic heterocycles. The maximum Gasteiger partial charge on any atom is 0.138 e. The van der Waals surface area contributed by atoms with Crippen LogP contribution in [0.4, 0.5) is 5.82 Å². The molecule has 2 rings (SSSR count). The van der Waals surface area contributed by atoms with Gasteiger partial charge in [-0.1, -0.05) is 0 Å². The summed E-state index contributed by atoms with van der Waals surface area (Å²) in [7, 11) is 0. The standard InChI is InChI=1S/C11H14N4O/c1-2-15-11(12)6-9(14-15)8-16-10-4-3-5-13-7-10/h3-7H,2,8,12H2,1H3. The Morgan fingerprint density at radius 1 is 1.50 bits per heavy atom. The van der Waals surface area contributed by atoms with Crippen molar-refractivity contribution in [2.45, 2.75) is 20.1 Å². The van der Waals surface area contributed by atoms with Gasteiger partial charge in [-0.15, -0.1) is 0 Å². The number of hydrogen-bond acceptors (Lipinski definition) is 4. The Kier molecular flexibility index (Phi) is 3.05. The van der Waals surface area contributed by atoms with E-state index in [0.717, 1.165) is 18.0 Å². The fourth-order valence-corrected chi connectivity index (χ4v) is 1.40. The van der Waals surface area contributed by atoms with Crippen LogP contribution in [0.3, 0.4) is 0 Å². The normalized spacial score (nSPS) is 10.3. The molecule has 0 aliphatic rings. The van der Waals surface area contributed by atoms with Crippen LogP contribution in [0, 0.1) is 0 Å². The molecule has 0 amide bonds. The summed E-state index contributed by atoms with van der Waals surface area (Å²) in [5.74, 6) is 1.39. The van der Waals surface area contributed by atoms with Crippen LogP contribution in [0.15, 0.2) is 30.6 Å². The molecule has 0 atom stereocenters. The van der Waals surface area contributed by atoms with Gasteiger partial charge in [0.05, 0.1) is 6.20 Å². The largest absolute Gasteiger partial charge is 0.486 e. The van der Waals surface area contributed by atoms with Gasteiger partial charge in [0, 0.05) is 18.8 Å². The van der Waals surface area contributed by atoms with Gasteiger partial charge >= 0.3 is 0 Å². The zero-order chi connectivity index (χ0) is 11.4. The molecule has 0 unspecified atom stereocenters. The molecule has 5 heteroatoms. The SMILES string of the molecule is CCn1nc(COc2cccnc2)cc1N. The van der Waals surface area contributed by atoms with Crippen LogP contribution in [0.25, 0.3) is 0 Å². The average Bonchev–Trinajstić information content (AvgIpc) is 2.69. The molecule has 0 saturated heterocycles. The van der Waals surface area contributed by atoms with Crippen LogP contribution in [-0.4, -0.2) is 14.8 Å². The second kappa shape index (κ2) is 4.65. The van der Waals surface area contributed by atoms with Crippen molar-refractivity contribution in [3.8, 4) is 5.75 Å². The van der Waals surface area contributed by atoms with E-state index >= 15 is 0 Å². The number of anilines is 1. The summed E-state index contributed by atoms with van der Waals surface area (Å²) in [4.78, 5) is 3.96. The van der Waals surface area contributed by atoms with Gasteiger partial charge in [-0.05, 0) is 19.1 Å². The lowest BCUT2D eigenvalue weighted by molar-refractivity contribution is 0.298. The highest BCUT2D eigenvalue weighted by atomic mass is 16.5. The predicted octanol–water partition coefficient (Wildman–Crippen LogP) is 1.46. The molecule has 0 fully saturated rings. The highest BCUT2D eigenvalue weighted by molar-refractivity contribution is 5.30. The molecule has 2 aromatic rings. The molecule has 0 aromatic carbocycles. The summed E-state index contributed by atoms with van der Waals surface area (Å²) in [6.45, 7) is 3.16. The number of hydrogen-bond donors (Lipinski definition) is 1. The molecule has 84 valence electrons. The zero-order valence-electron chi connectivity index (χ0n) is 9.13. The second-order valence-corrected chi connectivity index (χ2v) is 3.35. The third-order valence-electron chi connectivity index (χ3n) is 2.18. The fourth-order valence-electron chi connectivity index (χ4n) is 1.40. The maximum absolute atomic E-state index is 5.75. The molecule has 0 saturated carbocycles. The number of pyridine rings is 1. The Bertz CT molecular complexity index is 452. The van der Waals surface area contributed by atoms with E-state index < -0.39 is 0 Å². The first-order valence-electron chi connectivity index (χ1n) is 5.14. The molecule has 16 heavy (non-hydrogen) atoms. The zero-order valence-corrected chi connectivity index (χ0v) is 9.13. The molecule has 0 radical (unpaired) electrons. The summed E-state index contributed by atoms with van der Waals surface area (Å²) in [6.07, 6.45) is 3.37. The van der Waals surface area contributed by atoms with Crippen LogP contribution < -0.4 is 10.5 Å². The molecule has 0 aliphatic carbocycles. The molecule has 0 bridgehead atoms. The number of ether oxygens (including phenoxy) is 1. The van der Waals surface area contributed by atoms with Gasteiger partial charge < -0.3 is 10.5 Å². The molecule has 5 nitrogen and oxygen atoms in total. The quantitative estimate of drug-likeness (QED) is 0.843. The van der Waals surface area contributed by atoms with E-state index in [1.165, 1.54) is 0 Å². The first-order chi connectivity index (χ1) is 7.79. The summed E-state index contributed by atoms with van der Waals surface area (Å²) in [6, 6.07) is 5.50. The molecular weight excluding hydrogens is 204 g/mol. The highest BCUT2D eigenvalue weighted by Crippen LogP contribution is 2.11. The fraction of sp³-hybridized carbons (Fsp3) is 0.273. The van der Waals surface area contributed by atoms with E-state index in [4.69, 9.17) is 10.5 Å². The Morgan fingerprint density at radius 2 is 2.38 bits per heavy atom. The first-order valence-corrected chi connectivity index (χ1v) is 5.14. The van der Waals surface area contributed by atoms with Crippen LogP contribution in [0.1, 0.15) is 12.6 Å². The Hall–Kier alpha value is -2.04. The van der Waals surface area contributed by atoms with Crippen molar-refractivity contribution < 1.29 is 4.74 Å². The van der Waals surface area contributed by atoms with E-state index in [0.29, 0.717) is 12.4 Å². The van der Waals surface area contributed by atoms with Gasteiger partial charge in [0.15, 0.2) is 0 Å². The number of aromatic nitrogens is 3. The summed E-state index contributed by atoms with van der Waals surface area (Å²) >= 11 is 0. The monoisotopic (exact) mass is 218 g/mol. The predicted molar refractivity (Wildman–Crippen MR) is 60.9 cm³/mol. The van der Waals surface area contributed by atoms with Gasteiger partial charge in [0.1, 0.15) is 23.9 Å². The van der Waals surface area contributed by atoms with Crippen LogP contribution in [-0.2, 0) is 13.2 Å². The molecular formula is C11H14N4O. The maximum atomic E-state index is 5.75. The smallest absolute Gasteiger partial charge is 0.138 e. The van der Waals surface area contributed by atoms with Crippen molar-refractivity contribution in [3.63, 3.8) is 0 Å². The van der Waals surface area contributed by atoms with Gasteiger partial charge in [-0.2, -0.15) is 5.10 Å². The number of nitrogen functional groups attached to an aromatic ring is 1. The molecule has 2 heterocycles. The number of nitrogens with zero attached hydrogens (tertiary/aromatic N) is 3. The van der Waals surface area contributed by atoms with Gasteiger partial charge in [-0.25, -0.2) is 0 Å². The van der Waals surface area contributed by atoms with Crippen LogP contribution in [0.5, 0.6) is 5.75 Å². The third-order valence-corrected chi connectivity index (χ3v) is 2.18. The van der Waals surface area contributed by atoms with Crippen molar-refractivity contribution in [1.82, 2.24) is 14.8 Å². The third kappa shape index (κ3) is 2.31. The minimum absolute atomic E-state index is 0.406. The Balaban J connectivity index is 2.00. The lowest BCUT2D eigenvalue weighted by atomic mass is 10.4. The summed E-state index contributed by atoms with van der Waals surface area (Å²) in [5, 5.41) is 4.29.